The number of benzene rings is 1. The second kappa shape index (κ2) is 7.53. The predicted octanol–water partition coefficient (Wildman–Crippen LogP) is 1.47. The molecule has 5 nitrogen and oxygen atoms in total. The van der Waals surface area contributed by atoms with Crippen molar-refractivity contribution in [2.45, 2.75) is 50.8 Å². The van der Waals surface area contributed by atoms with Crippen LogP contribution in [0.4, 0.5) is 0 Å². The largest absolute Gasteiger partial charge is 0.394 e. The van der Waals surface area contributed by atoms with E-state index in [0.717, 1.165) is 23.1 Å². The van der Waals surface area contributed by atoms with Gasteiger partial charge >= 0.3 is 0 Å². The Bertz CT molecular complexity index is 726. The van der Waals surface area contributed by atoms with E-state index in [9.17, 15) is 20.4 Å². The number of aryl methyl sites for hydroxylation is 2. The lowest BCUT2D eigenvalue weighted by atomic mass is 9.89. The van der Waals surface area contributed by atoms with E-state index in [-0.39, 0.29) is 0 Å². The van der Waals surface area contributed by atoms with Gasteiger partial charge in [0.25, 0.3) is 0 Å². The third kappa shape index (κ3) is 3.79. The molecule has 0 saturated carbocycles. The zero-order valence-corrected chi connectivity index (χ0v) is 15.1. The summed E-state index contributed by atoms with van der Waals surface area (Å²) in [5.41, 5.74) is 2.99. The van der Waals surface area contributed by atoms with E-state index in [2.05, 4.69) is 19.1 Å². The first-order valence-electron chi connectivity index (χ1n) is 8.36. The molecule has 1 aromatic heterocycles. The molecule has 1 unspecified atom stereocenters. The van der Waals surface area contributed by atoms with Crippen LogP contribution in [-0.2, 0) is 11.2 Å². The number of hydrogen-bond acceptors (Lipinski definition) is 6. The highest BCUT2D eigenvalue weighted by atomic mass is 32.1. The van der Waals surface area contributed by atoms with Crippen molar-refractivity contribution in [2.75, 3.05) is 6.61 Å². The van der Waals surface area contributed by atoms with Gasteiger partial charge in [-0.05, 0) is 42.7 Å². The lowest BCUT2D eigenvalue weighted by Crippen LogP contribution is -2.55. The zero-order chi connectivity index (χ0) is 18.1. The molecule has 2 aromatic rings. The molecule has 5 atom stereocenters. The number of thiophene rings is 1. The van der Waals surface area contributed by atoms with Gasteiger partial charge in [0, 0.05) is 16.2 Å². The molecule has 1 aliphatic rings. The Balaban J connectivity index is 1.88. The third-order valence-corrected chi connectivity index (χ3v) is 5.76. The molecule has 1 aromatic carbocycles. The molecule has 6 heteroatoms. The molecule has 1 fully saturated rings. The highest BCUT2D eigenvalue weighted by Crippen LogP contribution is 2.33. The molecular formula is C19H24O5S. The Kier molecular flexibility index (Phi) is 5.58. The van der Waals surface area contributed by atoms with Gasteiger partial charge in [0.1, 0.15) is 30.5 Å². The Morgan fingerprint density at radius 1 is 1.00 bits per heavy atom. The van der Waals surface area contributed by atoms with Crippen molar-refractivity contribution in [1.29, 1.82) is 0 Å². The average Bonchev–Trinajstić information content (AvgIpc) is 3.00. The van der Waals surface area contributed by atoms with Crippen LogP contribution in [0.2, 0.25) is 0 Å². The molecule has 0 bridgehead atoms. The number of aliphatic hydroxyl groups is 4. The summed E-state index contributed by atoms with van der Waals surface area (Å²) in [5, 5.41) is 39.6. The summed E-state index contributed by atoms with van der Waals surface area (Å²) in [7, 11) is 0. The molecule has 0 radical (unpaired) electrons. The van der Waals surface area contributed by atoms with Gasteiger partial charge in [0.15, 0.2) is 0 Å². The standard InChI is InChI=1S/C19H24O5S/c1-10-3-5-12(7-13(10)8-14-6-4-11(2)25-14)19-18(23)17(22)16(21)15(9-20)24-19/h3-7,15-23H,8-9H2,1-2H3/t15-,16-,17+,18-,19?/m1/s1. The number of ether oxygens (including phenoxy) is 1. The molecule has 1 saturated heterocycles. The van der Waals surface area contributed by atoms with Crippen molar-refractivity contribution in [1.82, 2.24) is 0 Å². The van der Waals surface area contributed by atoms with E-state index in [4.69, 9.17) is 4.74 Å². The van der Waals surface area contributed by atoms with Gasteiger partial charge in [0.2, 0.25) is 0 Å². The minimum Gasteiger partial charge on any atom is -0.394 e. The number of hydrogen-bond donors (Lipinski definition) is 4. The van der Waals surface area contributed by atoms with Gasteiger partial charge in [-0.1, -0.05) is 18.2 Å². The molecule has 0 aliphatic carbocycles. The van der Waals surface area contributed by atoms with Crippen LogP contribution in [0.5, 0.6) is 0 Å². The summed E-state index contributed by atoms with van der Waals surface area (Å²) < 4.78 is 5.66. The number of aliphatic hydroxyl groups excluding tert-OH is 4. The first-order chi connectivity index (χ1) is 11.9. The predicted molar refractivity (Wildman–Crippen MR) is 95.8 cm³/mol. The average molecular weight is 364 g/mol. The molecule has 25 heavy (non-hydrogen) atoms. The fraction of sp³-hybridized carbons (Fsp3) is 0.474. The van der Waals surface area contributed by atoms with Crippen molar-refractivity contribution < 1.29 is 25.2 Å². The summed E-state index contributed by atoms with van der Waals surface area (Å²) in [6, 6.07) is 9.99. The Morgan fingerprint density at radius 2 is 1.76 bits per heavy atom. The normalized spacial score (nSPS) is 29.8. The SMILES string of the molecule is Cc1ccc(Cc2cc(C3O[C@H](CO)[C@@H](O)[C@H](O)[C@H]3O)ccc2C)s1. The van der Waals surface area contributed by atoms with Crippen molar-refractivity contribution in [3.05, 3.63) is 56.8 Å². The van der Waals surface area contributed by atoms with Gasteiger partial charge in [-0.2, -0.15) is 0 Å². The second-order valence-corrected chi connectivity index (χ2v) is 8.00. The van der Waals surface area contributed by atoms with E-state index < -0.39 is 37.1 Å². The summed E-state index contributed by atoms with van der Waals surface area (Å²) in [4.78, 5) is 2.52. The topological polar surface area (TPSA) is 90.2 Å². The fourth-order valence-electron chi connectivity index (χ4n) is 3.20. The third-order valence-electron chi connectivity index (χ3n) is 4.75. The summed E-state index contributed by atoms with van der Waals surface area (Å²) in [5.74, 6) is 0. The van der Waals surface area contributed by atoms with E-state index >= 15 is 0 Å². The highest BCUT2D eigenvalue weighted by molar-refractivity contribution is 7.11. The van der Waals surface area contributed by atoms with Crippen molar-refractivity contribution in [3.63, 3.8) is 0 Å². The second-order valence-electron chi connectivity index (χ2n) is 6.62. The Hall–Kier alpha value is -1.28. The summed E-state index contributed by atoms with van der Waals surface area (Å²) in [6.07, 6.45) is -4.85. The zero-order valence-electron chi connectivity index (χ0n) is 14.3. The highest BCUT2D eigenvalue weighted by Gasteiger charge is 2.43. The van der Waals surface area contributed by atoms with Crippen LogP contribution in [-0.4, -0.2) is 51.4 Å². The van der Waals surface area contributed by atoms with Crippen LogP contribution in [0.15, 0.2) is 30.3 Å². The minimum absolute atomic E-state index is 0.422. The fourth-order valence-corrected chi connectivity index (χ4v) is 4.12. The van der Waals surface area contributed by atoms with Gasteiger partial charge in [0.05, 0.1) is 6.61 Å². The van der Waals surface area contributed by atoms with E-state index in [0.29, 0.717) is 0 Å². The molecule has 1 aliphatic heterocycles. The lowest BCUT2D eigenvalue weighted by molar-refractivity contribution is -0.231. The lowest BCUT2D eigenvalue weighted by Gasteiger charge is -2.40. The van der Waals surface area contributed by atoms with Crippen LogP contribution < -0.4 is 0 Å². The molecular weight excluding hydrogens is 340 g/mol. The quantitative estimate of drug-likeness (QED) is 0.660. The molecule has 0 amide bonds. The molecule has 2 heterocycles. The summed E-state index contributed by atoms with van der Waals surface area (Å²) >= 11 is 1.75. The van der Waals surface area contributed by atoms with E-state index in [1.807, 2.05) is 25.1 Å². The van der Waals surface area contributed by atoms with Crippen molar-refractivity contribution in [3.8, 4) is 0 Å². The maximum Gasteiger partial charge on any atom is 0.113 e. The minimum atomic E-state index is -1.36. The van der Waals surface area contributed by atoms with E-state index in [1.54, 1.807) is 11.3 Å². The van der Waals surface area contributed by atoms with Gasteiger partial charge in [-0.15, -0.1) is 11.3 Å². The molecule has 0 spiro atoms. The van der Waals surface area contributed by atoms with Gasteiger partial charge < -0.3 is 25.2 Å². The van der Waals surface area contributed by atoms with Crippen LogP contribution in [0.3, 0.4) is 0 Å². The molecule has 3 rings (SSSR count). The molecule has 4 N–H and O–H groups in total. The van der Waals surface area contributed by atoms with Gasteiger partial charge in [-0.3, -0.25) is 0 Å². The maximum absolute atomic E-state index is 10.3. The Morgan fingerprint density at radius 3 is 2.40 bits per heavy atom. The van der Waals surface area contributed by atoms with Gasteiger partial charge in [-0.25, -0.2) is 0 Å². The van der Waals surface area contributed by atoms with Crippen LogP contribution in [0, 0.1) is 13.8 Å². The molecule has 136 valence electrons. The van der Waals surface area contributed by atoms with E-state index in [1.165, 1.54) is 9.75 Å². The first-order valence-corrected chi connectivity index (χ1v) is 9.17. The summed E-state index contributed by atoms with van der Waals surface area (Å²) in [6.45, 7) is 3.69. The van der Waals surface area contributed by atoms with Crippen molar-refractivity contribution >= 4 is 11.3 Å². The number of rotatable bonds is 4. The van der Waals surface area contributed by atoms with Crippen LogP contribution >= 0.6 is 11.3 Å². The smallest absolute Gasteiger partial charge is 0.113 e. The van der Waals surface area contributed by atoms with Crippen LogP contribution in [0.25, 0.3) is 0 Å². The van der Waals surface area contributed by atoms with Crippen molar-refractivity contribution in [2.24, 2.45) is 0 Å². The van der Waals surface area contributed by atoms with Crippen LogP contribution in [0.1, 0.15) is 32.5 Å². The maximum atomic E-state index is 10.3. The monoisotopic (exact) mass is 364 g/mol. The Labute approximate surface area is 151 Å². The first kappa shape index (κ1) is 18.5.